The maximum Gasteiger partial charge on any atom is 0.245 e. The van der Waals surface area contributed by atoms with Crippen molar-refractivity contribution in [3.8, 4) is 5.88 Å². The molecule has 6 nitrogen and oxygen atoms in total. The Hall–Kier alpha value is -1.40. The Kier molecular flexibility index (Phi) is 3.99. The van der Waals surface area contributed by atoms with Crippen LogP contribution in [0, 0.1) is 0 Å². The highest BCUT2D eigenvalue weighted by atomic mass is 35.5. The smallest absolute Gasteiger partial charge is 0.245 e. The standard InChI is InChI=1S/C14H19ClN4O2/c1-4-21-10-5-9(6-10)19-12(8(2)15)18-11-13(19)16-7-17-14(11)20-3/h7-10H,4-6H2,1-3H3. The zero-order chi connectivity index (χ0) is 15.0. The van der Waals surface area contributed by atoms with E-state index in [0.29, 0.717) is 23.5 Å². The molecule has 0 N–H and O–H groups in total. The van der Waals surface area contributed by atoms with E-state index in [9.17, 15) is 0 Å². The first kappa shape index (κ1) is 14.5. The SMILES string of the molecule is CCOC1CC(n2c(C(C)Cl)nc3c(OC)ncnc32)C1. The minimum Gasteiger partial charge on any atom is -0.479 e. The lowest BCUT2D eigenvalue weighted by Gasteiger charge is -2.36. The van der Waals surface area contributed by atoms with Gasteiger partial charge in [-0.05, 0) is 26.7 Å². The first-order valence-corrected chi connectivity index (χ1v) is 7.61. The Morgan fingerprint density at radius 1 is 1.43 bits per heavy atom. The monoisotopic (exact) mass is 310 g/mol. The number of alkyl halides is 1. The van der Waals surface area contributed by atoms with Gasteiger partial charge in [-0.15, -0.1) is 11.6 Å². The molecule has 2 aromatic rings. The molecule has 0 spiro atoms. The fraction of sp³-hybridized carbons (Fsp3) is 0.643. The van der Waals surface area contributed by atoms with Crippen LogP contribution < -0.4 is 4.74 Å². The van der Waals surface area contributed by atoms with Gasteiger partial charge in [-0.2, -0.15) is 4.98 Å². The summed E-state index contributed by atoms with van der Waals surface area (Å²) < 4.78 is 13.0. The van der Waals surface area contributed by atoms with E-state index in [0.717, 1.165) is 30.9 Å². The number of aromatic nitrogens is 4. The third kappa shape index (κ3) is 2.46. The molecule has 2 aromatic heterocycles. The van der Waals surface area contributed by atoms with Gasteiger partial charge in [-0.25, -0.2) is 9.97 Å². The molecule has 21 heavy (non-hydrogen) atoms. The molecule has 1 aliphatic rings. The van der Waals surface area contributed by atoms with Crippen LogP contribution in [0.15, 0.2) is 6.33 Å². The summed E-state index contributed by atoms with van der Waals surface area (Å²) in [6, 6.07) is 0.322. The molecule has 1 aliphatic carbocycles. The lowest BCUT2D eigenvalue weighted by atomic mass is 9.88. The summed E-state index contributed by atoms with van der Waals surface area (Å²) >= 11 is 6.29. The van der Waals surface area contributed by atoms with E-state index in [1.165, 1.54) is 6.33 Å². The maximum absolute atomic E-state index is 6.29. The quantitative estimate of drug-likeness (QED) is 0.795. The van der Waals surface area contributed by atoms with E-state index in [4.69, 9.17) is 21.1 Å². The minimum absolute atomic E-state index is 0.199. The van der Waals surface area contributed by atoms with Gasteiger partial charge in [0.2, 0.25) is 5.88 Å². The van der Waals surface area contributed by atoms with Crippen LogP contribution in [0.25, 0.3) is 11.2 Å². The Bertz CT molecular complexity index is 637. The van der Waals surface area contributed by atoms with Crippen molar-refractivity contribution in [3.63, 3.8) is 0 Å². The first-order valence-electron chi connectivity index (χ1n) is 7.18. The summed E-state index contributed by atoms with van der Waals surface area (Å²) in [4.78, 5) is 13.1. The average molecular weight is 311 g/mol. The van der Waals surface area contributed by atoms with Crippen LogP contribution in [0.4, 0.5) is 0 Å². The summed E-state index contributed by atoms with van der Waals surface area (Å²) in [6.07, 6.45) is 3.74. The zero-order valence-electron chi connectivity index (χ0n) is 12.4. The molecule has 0 radical (unpaired) electrons. The number of nitrogens with zero attached hydrogens (tertiary/aromatic N) is 4. The van der Waals surface area contributed by atoms with Gasteiger partial charge in [0.15, 0.2) is 11.2 Å². The molecule has 0 amide bonds. The number of halogens is 1. The molecule has 0 aromatic carbocycles. The van der Waals surface area contributed by atoms with Gasteiger partial charge < -0.3 is 14.0 Å². The highest BCUT2D eigenvalue weighted by Gasteiger charge is 2.35. The molecule has 1 saturated carbocycles. The summed E-state index contributed by atoms with van der Waals surface area (Å²) in [5.41, 5.74) is 1.45. The fourth-order valence-corrected chi connectivity index (χ4v) is 2.97. The van der Waals surface area contributed by atoms with Crippen molar-refractivity contribution in [1.82, 2.24) is 19.5 Å². The molecule has 7 heteroatoms. The molecule has 0 saturated heterocycles. The number of ether oxygens (including phenoxy) is 2. The summed E-state index contributed by atoms with van der Waals surface area (Å²) in [5.74, 6) is 1.29. The van der Waals surface area contributed by atoms with Crippen molar-refractivity contribution in [3.05, 3.63) is 12.2 Å². The van der Waals surface area contributed by atoms with Gasteiger partial charge in [0.05, 0.1) is 18.6 Å². The van der Waals surface area contributed by atoms with Crippen molar-refractivity contribution in [2.24, 2.45) is 0 Å². The Balaban J connectivity index is 2.02. The van der Waals surface area contributed by atoms with Gasteiger partial charge in [-0.3, -0.25) is 0 Å². The topological polar surface area (TPSA) is 62.1 Å². The second kappa shape index (κ2) is 5.77. The summed E-state index contributed by atoms with van der Waals surface area (Å²) in [5, 5.41) is -0.199. The molecule has 2 heterocycles. The molecule has 1 fully saturated rings. The third-order valence-corrected chi connectivity index (χ3v) is 4.05. The predicted molar refractivity (Wildman–Crippen MR) is 79.8 cm³/mol. The van der Waals surface area contributed by atoms with Gasteiger partial charge in [0.25, 0.3) is 0 Å². The lowest BCUT2D eigenvalue weighted by Crippen LogP contribution is -2.34. The van der Waals surface area contributed by atoms with Crippen LogP contribution in [0.3, 0.4) is 0 Å². The number of hydrogen-bond donors (Lipinski definition) is 0. The van der Waals surface area contributed by atoms with E-state index in [-0.39, 0.29) is 5.38 Å². The zero-order valence-corrected chi connectivity index (χ0v) is 13.2. The van der Waals surface area contributed by atoms with E-state index in [1.807, 2.05) is 13.8 Å². The minimum atomic E-state index is -0.199. The van der Waals surface area contributed by atoms with Crippen LogP contribution >= 0.6 is 11.6 Å². The van der Waals surface area contributed by atoms with Crippen LogP contribution in [-0.2, 0) is 4.74 Å². The van der Waals surface area contributed by atoms with Gasteiger partial charge >= 0.3 is 0 Å². The van der Waals surface area contributed by atoms with Gasteiger partial charge in [0.1, 0.15) is 12.2 Å². The van der Waals surface area contributed by atoms with Crippen LogP contribution in [0.2, 0.25) is 0 Å². The van der Waals surface area contributed by atoms with E-state index >= 15 is 0 Å². The second-order valence-corrected chi connectivity index (χ2v) is 5.87. The molecule has 1 unspecified atom stereocenters. The summed E-state index contributed by atoms with van der Waals surface area (Å²) in [6.45, 7) is 4.68. The third-order valence-electron chi connectivity index (χ3n) is 3.86. The lowest BCUT2D eigenvalue weighted by molar-refractivity contribution is -0.0194. The average Bonchev–Trinajstić information content (AvgIpc) is 2.81. The molecule has 3 rings (SSSR count). The molecule has 1 atom stereocenters. The number of rotatable bonds is 5. The maximum atomic E-state index is 6.29. The second-order valence-electron chi connectivity index (χ2n) is 5.21. The van der Waals surface area contributed by atoms with E-state index in [1.54, 1.807) is 7.11 Å². The van der Waals surface area contributed by atoms with Crippen molar-refractivity contribution in [2.75, 3.05) is 13.7 Å². The predicted octanol–water partition coefficient (Wildman–Crippen LogP) is 2.87. The highest BCUT2D eigenvalue weighted by Crippen LogP contribution is 2.40. The Morgan fingerprint density at radius 3 is 2.81 bits per heavy atom. The molecule has 0 aliphatic heterocycles. The number of imidazole rings is 1. The fourth-order valence-electron chi connectivity index (χ4n) is 2.82. The van der Waals surface area contributed by atoms with Crippen molar-refractivity contribution in [2.45, 2.75) is 44.2 Å². The molecular weight excluding hydrogens is 292 g/mol. The van der Waals surface area contributed by atoms with Crippen LogP contribution in [0.5, 0.6) is 5.88 Å². The van der Waals surface area contributed by atoms with Gasteiger partial charge in [0, 0.05) is 12.6 Å². The number of fused-ring (bicyclic) bond motifs is 1. The van der Waals surface area contributed by atoms with Crippen molar-refractivity contribution in [1.29, 1.82) is 0 Å². The van der Waals surface area contributed by atoms with Crippen LogP contribution in [0.1, 0.15) is 43.9 Å². The highest BCUT2D eigenvalue weighted by molar-refractivity contribution is 6.20. The number of methoxy groups -OCH3 is 1. The molecular formula is C14H19ClN4O2. The van der Waals surface area contributed by atoms with E-state index < -0.39 is 0 Å². The molecule has 0 bridgehead atoms. The van der Waals surface area contributed by atoms with Crippen molar-refractivity contribution >= 4 is 22.8 Å². The number of hydrogen-bond acceptors (Lipinski definition) is 5. The Labute approximate surface area is 128 Å². The van der Waals surface area contributed by atoms with Gasteiger partial charge in [-0.1, -0.05) is 0 Å². The first-order chi connectivity index (χ1) is 10.2. The van der Waals surface area contributed by atoms with E-state index in [2.05, 4.69) is 19.5 Å². The van der Waals surface area contributed by atoms with Crippen molar-refractivity contribution < 1.29 is 9.47 Å². The largest absolute Gasteiger partial charge is 0.479 e. The van der Waals surface area contributed by atoms with Crippen LogP contribution in [-0.4, -0.2) is 39.3 Å². The normalized spacial score (nSPS) is 23.0. The molecule has 114 valence electrons. The summed E-state index contributed by atoms with van der Waals surface area (Å²) in [7, 11) is 1.58. The Morgan fingerprint density at radius 2 is 2.19 bits per heavy atom.